The van der Waals surface area contributed by atoms with Gasteiger partial charge in [-0.1, -0.05) is 67.9 Å². The molecule has 0 heterocycles. The molecule has 0 saturated carbocycles. The van der Waals surface area contributed by atoms with Crippen molar-refractivity contribution in [2.45, 2.75) is 39.7 Å². The molecule has 0 spiro atoms. The lowest BCUT2D eigenvalue weighted by Crippen LogP contribution is -2.21. The van der Waals surface area contributed by atoms with E-state index < -0.39 is 0 Å². The molecule has 106 valence electrons. The predicted molar refractivity (Wildman–Crippen MR) is 87.9 cm³/mol. The van der Waals surface area contributed by atoms with Crippen LogP contribution in [-0.4, -0.2) is 6.54 Å². The number of benzene rings is 2. The second kappa shape index (κ2) is 7.25. The van der Waals surface area contributed by atoms with Crippen LogP contribution in [0.4, 0.5) is 0 Å². The predicted octanol–water partition coefficient (Wildman–Crippen LogP) is 5.11. The molecule has 1 unspecified atom stereocenters. The molecule has 0 amide bonds. The number of hydrogen-bond acceptors (Lipinski definition) is 1. The zero-order valence-corrected chi connectivity index (χ0v) is 12.8. The Kier molecular flexibility index (Phi) is 5.37. The molecule has 2 aromatic rings. The van der Waals surface area contributed by atoms with Crippen molar-refractivity contribution in [2.24, 2.45) is 0 Å². The number of rotatable bonds is 6. The topological polar surface area (TPSA) is 12.0 Å². The van der Waals surface area contributed by atoms with Gasteiger partial charge in [0.05, 0.1) is 0 Å². The molecule has 2 aromatic carbocycles. The molecule has 1 nitrogen and oxygen atoms in total. The monoisotopic (exact) mass is 267 g/mol. The van der Waals surface area contributed by atoms with Crippen LogP contribution in [0.15, 0.2) is 48.5 Å². The van der Waals surface area contributed by atoms with Crippen LogP contribution in [0.3, 0.4) is 0 Å². The molecular weight excluding hydrogens is 242 g/mol. The van der Waals surface area contributed by atoms with Gasteiger partial charge in [-0.15, -0.1) is 0 Å². The van der Waals surface area contributed by atoms with Gasteiger partial charge in [0.1, 0.15) is 0 Å². The summed E-state index contributed by atoms with van der Waals surface area (Å²) in [7, 11) is 0. The third-order valence-electron chi connectivity index (χ3n) is 3.71. The first-order valence-electron chi connectivity index (χ1n) is 7.65. The van der Waals surface area contributed by atoms with Crippen LogP contribution in [0.5, 0.6) is 0 Å². The minimum Gasteiger partial charge on any atom is -0.310 e. The third-order valence-corrected chi connectivity index (χ3v) is 3.71. The van der Waals surface area contributed by atoms with Gasteiger partial charge in [-0.25, -0.2) is 0 Å². The number of nitrogens with one attached hydrogen (secondary N) is 1. The highest BCUT2D eigenvalue weighted by atomic mass is 14.9. The first-order chi connectivity index (χ1) is 9.74. The fourth-order valence-corrected chi connectivity index (χ4v) is 2.55. The maximum absolute atomic E-state index is 3.60. The fraction of sp³-hybridized carbons (Fsp3) is 0.368. The van der Waals surface area contributed by atoms with E-state index in [1.165, 1.54) is 28.7 Å². The van der Waals surface area contributed by atoms with E-state index in [4.69, 9.17) is 0 Å². The van der Waals surface area contributed by atoms with Crippen molar-refractivity contribution < 1.29 is 0 Å². The highest BCUT2D eigenvalue weighted by molar-refractivity contribution is 5.64. The lowest BCUT2D eigenvalue weighted by atomic mass is 9.98. The van der Waals surface area contributed by atoms with E-state index in [-0.39, 0.29) is 0 Å². The first kappa shape index (κ1) is 14.8. The van der Waals surface area contributed by atoms with Crippen LogP contribution in [0.1, 0.15) is 43.9 Å². The number of hydrogen-bond donors (Lipinski definition) is 1. The van der Waals surface area contributed by atoms with Crippen molar-refractivity contribution >= 4 is 0 Å². The minimum absolute atomic E-state index is 0.474. The SMILES string of the molecule is CCCNC(CC)c1ccc(-c2cccc(C)c2)cc1. The summed E-state index contributed by atoms with van der Waals surface area (Å²) in [6, 6.07) is 18.1. The molecule has 1 heteroatoms. The molecule has 2 rings (SSSR count). The van der Waals surface area contributed by atoms with Crippen molar-refractivity contribution in [3.63, 3.8) is 0 Å². The molecule has 0 fully saturated rings. The maximum Gasteiger partial charge on any atom is 0.0317 e. The lowest BCUT2D eigenvalue weighted by Gasteiger charge is -2.17. The Bertz CT molecular complexity index is 528. The Morgan fingerprint density at radius 3 is 2.30 bits per heavy atom. The molecule has 0 aliphatic carbocycles. The molecule has 0 saturated heterocycles. The van der Waals surface area contributed by atoms with E-state index in [0.29, 0.717) is 6.04 Å². The Morgan fingerprint density at radius 2 is 1.70 bits per heavy atom. The van der Waals surface area contributed by atoms with E-state index in [1.54, 1.807) is 0 Å². The molecular formula is C19H25N. The van der Waals surface area contributed by atoms with Gasteiger partial charge in [-0.05, 0) is 43.0 Å². The lowest BCUT2D eigenvalue weighted by molar-refractivity contribution is 0.518. The largest absolute Gasteiger partial charge is 0.310 e. The van der Waals surface area contributed by atoms with E-state index in [0.717, 1.165) is 13.0 Å². The molecule has 1 atom stereocenters. The van der Waals surface area contributed by atoms with Gasteiger partial charge in [0, 0.05) is 6.04 Å². The molecule has 0 aromatic heterocycles. The van der Waals surface area contributed by atoms with Crippen LogP contribution in [0.25, 0.3) is 11.1 Å². The summed E-state index contributed by atoms with van der Waals surface area (Å²) in [5.74, 6) is 0. The maximum atomic E-state index is 3.60. The molecule has 0 bridgehead atoms. The standard InChI is InChI=1S/C19H25N/c1-4-13-20-19(5-2)17-11-9-16(10-12-17)18-8-6-7-15(3)14-18/h6-12,14,19-20H,4-5,13H2,1-3H3. The fourth-order valence-electron chi connectivity index (χ4n) is 2.55. The minimum atomic E-state index is 0.474. The van der Waals surface area contributed by atoms with Gasteiger partial charge in [-0.2, -0.15) is 0 Å². The van der Waals surface area contributed by atoms with Crippen molar-refractivity contribution in [3.05, 3.63) is 59.7 Å². The van der Waals surface area contributed by atoms with Crippen LogP contribution < -0.4 is 5.32 Å². The van der Waals surface area contributed by atoms with Gasteiger partial charge in [0.15, 0.2) is 0 Å². The second-order valence-electron chi connectivity index (χ2n) is 5.41. The summed E-state index contributed by atoms with van der Waals surface area (Å²) in [5, 5.41) is 3.60. The van der Waals surface area contributed by atoms with E-state index >= 15 is 0 Å². The van der Waals surface area contributed by atoms with Crippen molar-refractivity contribution in [1.82, 2.24) is 5.32 Å². The highest BCUT2D eigenvalue weighted by Gasteiger charge is 2.08. The average molecular weight is 267 g/mol. The molecule has 0 aliphatic heterocycles. The number of aryl methyl sites for hydroxylation is 1. The van der Waals surface area contributed by atoms with Crippen LogP contribution in [0.2, 0.25) is 0 Å². The van der Waals surface area contributed by atoms with Gasteiger partial charge in [0.2, 0.25) is 0 Å². The Hall–Kier alpha value is -1.60. The van der Waals surface area contributed by atoms with Crippen LogP contribution in [0, 0.1) is 6.92 Å². The van der Waals surface area contributed by atoms with Crippen molar-refractivity contribution in [1.29, 1.82) is 0 Å². The Morgan fingerprint density at radius 1 is 0.950 bits per heavy atom. The Labute approximate surface area is 123 Å². The quantitative estimate of drug-likeness (QED) is 0.766. The van der Waals surface area contributed by atoms with Crippen LogP contribution in [-0.2, 0) is 0 Å². The normalized spacial score (nSPS) is 12.3. The summed E-state index contributed by atoms with van der Waals surface area (Å²) in [6.45, 7) is 7.67. The van der Waals surface area contributed by atoms with Gasteiger partial charge < -0.3 is 5.32 Å². The average Bonchev–Trinajstić information content (AvgIpc) is 2.49. The summed E-state index contributed by atoms with van der Waals surface area (Å²) in [4.78, 5) is 0. The van der Waals surface area contributed by atoms with E-state index in [9.17, 15) is 0 Å². The summed E-state index contributed by atoms with van der Waals surface area (Å²) in [5.41, 5.74) is 5.29. The molecule has 0 radical (unpaired) electrons. The Balaban J connectivity index is 2.17. The smallest absolute Gasteiger partial charge is 0.0317 e. The zero-order chi connectivity index (χ0) is 14.4. The molecule has 20 heavy (non-hydrogen) atoms. The summed E-state index contributed by atoms with van der Waals surface area (Å²) >= 11 is 0. The van der Waals surface area contributed by atoms with Crippen molar-refractivity contribution in [2.75, 3.05) is 6.54 Å². The summed E-state index contributed by atoms with van der Waals surface area (Å²) in [6.07, 6.45) is 2.31. The van der Waals surface area contributed by atoms with E-state index in [1.807, 2.05) is 0 Å². The van der Waals surface area contributed by atoms with Gasteiger partial charge in [-0.3, -0.25) is 0 Å². The molecule has 0 aliphatic rings. The second-order valence-corrected chi connectivity index (χ2v) is 5.41. The van der Waals surface area contributed by atoms with Gasteiger partial charge >= 0.3 is 0 Å². The van der Waals surface area contributed by atoms with Crippen molar-refractivity contribution in [3.8, 4) is 11.1 Å². The molecule has 1 N–H and O–H groups in total. The zero-order valence-electron chi connectivity index (χ0n) is 12.8. The highest BCUT2D eigenvalue weighted by Crippen LogP contribution is 2.24. The van der Waals surface area contributed by atoms with E-state index in [2.05, 4.69) is 74.6 Å². The third kappa shape index (κ3) is 3.71. The van der Waals surface area contributed by atoms with Gasteiger partial charge in [0.25, 0.3) is 0 Å². The van der Waals surface area contributed by atoms with Crippen LogP contribution >= 0.6 is 0 Å². The first-order valence-corrected chi connectivity index (χ1v) is 7.65. The summed E-state index contributed by atoms with van der Waals surface area (Å²) < 4.78 is 0.